The van der Waals surface area contributed by atoms with Crippen LogP contribution < -0.4 is 4.74 Å². The fourth-order valence-electron chi connectivity index (χ4n) is 3.96. The molecule has 31 heavy (non-hydrogen) atoms. The Kier molecular flexibility index (Phi) is 5.83. The zero-order valence-electron chi connectivity index (χ0n) is 17.1. The zero-order valence-corrected chi connectivity index (χ0v) is 17.9. The number of ether oxygens (including phenoxy) is 1. The first-order valence-corrected chi connectivity index (χ1v) is 10.5. The lowest BCUT2D eigenvalue weighted by Gasteiger charge is -2.34. The predicted molar refractivity (Wildman–Crippen MR) is 118 cm³/mol. The monoisotopic (exact) mass is 444 g/mol. The highest BCUT2D eigenvalue weighted by molar-refractivity contribution is 6.31. The van der Waals surface area contributed by atoms with Crippen LogP contribution in [0.4, 0.5) is 4.79 Å². The van der Waals surface area contributed by atoms with Crippen molar-refractivity contribution in [3.05, 3.63) is 64.3 Å². The second-order valence-corrected chi connectivity index (χ2v) is 8.76. The lowest BCUT2D eigenvalue weighted by molar-refractivity contribution is 0.0287. The number of benzene rings is 2. The summed E-state index contributed by atoms with van der Waals surface area (Å²) in [5.41, 5.74) is 2.96. The molecule has 0 unspecified atom stereocenters. The van der Waals surface area contributed by atoms with Gasteiger partial charge in [0.1, 0.15) is 11.8 Å². The highest BCUT2D eigenvalue weighted by atomic mass is 35.5. The third-order valence-electron chi connectivity index (χ3n) is 5.88. The Morgan fingerprint density at radius 2 is 1.94 bits per heavy atom. The van der Waals surface area contributed by atoms with Crippen LogP contribution in [0.5, 0.6) is 5.75 Å². The first-order valence-electron chi connectivity index (χ1n) is 10.1. The van der Waals surface area contributed by atoms with Gasteiger partial charge in [-0.25, -0.2) is 4.79 Å². The molecule has 0 radical (unpaired) electrons. The number of rotatable bonds is 6. The van der Waals surface area contributed by atoms with Crippen LogP contribution in [-0.2, 0) is 6.42 Å². The molecule has 164 valence electrons. The normalized spacial score (nSPS) is 16.4. The van der Waals surface area contributed by atoms with Gasteiger partial charge in [-0.1, -0.05) is 30.7 Å². The van der Waals surface area contributed by atoms with E-state index in [0.29, 0.717) is 23.7 Å². The molecular formula is C23H25ClN2O5. The molecular weight excluding hydrogens is 420 g/mol. The van der Waals surface area contributed by atoms with E-state index in [0.717, 1.165) is 27.7 Å². The zero-order chi connectivity index (χ0) is 22.2. The van der Waals surface area contributed by atoms with Crippen molar-refractivity contribution in [3.63, 3.8) is 0 Å². The number of fused-ring (bicyclic) bond motifs is 3. The largest absolute Gasteiger partial charge is 0.493 e. The van der Waals surface area contributed by atoms with Crippen LogP contribution in [0.3, 0.4) is 0 Å². The quantitative estimate of drug-likeness (QED) is 0.462. The van der Waals surface area contributed by atoms with Gasteiger partial charge >= 0.3 is 6.09 Å². The van der Waals surface area contributed by atoms with Gasteiger partial charge in [0.2, 0.25) is 0 Å². The molecule has 1 aromatic heterocycles. The van der Waals surface area contributed by atoms with Gasteiger partial charge in [-0.3, -0.25) is 4.90 Å². The molecule has 8 heteroatoms. The topological polar surface area (TPSA) is 106 Å². The number of amides is 1. The van der Waals surface area contributed by atoms with E-state index in [1.807, 2.05) is 30.3 Å². The number of halogens is 1. The number of hydrogen-bond acceptors (Lipinski definition) is 4. The van der Waals surface area contributed by atoms with Crippen molar-refractivity contribution in [3.8, 4) is 5.75 Å². The molecule has 1 aliphatic rings. The smallest absolute Gasteiger partial charge is 0.408 e. The van der Waals surface area contributed by atoms with E-state index >= 15 is 0 Å². The summed E-state index contributed by atoms with van der Waals surface area (Å²) in [7, 11) is 0. The maximum atomic E-state index is 12.0. The first-order chi connectivity index (χ1) is 14.8. The van der Waals surface area contributed by atoms with Crippen molar-refractivity contribution < 1.29 is 24.9 Å². The van der Waals surface area contributed by atoms with Crippen molar-refractivity contribution in [1.29, 1.82) is 0 Å². The minimum absolute atomic E-state index is 0.164. The Bertz CT molecular complexity index is 1090. The Morgan fingerprint density at radius 3 is 2.58 bits per heavy atom. The summed E-state index contributed by atoms with van der Waals surface area (Å²) in [6.07, 6.45) is -0.366. The molecule has 4 N–H and O–H groups in total. The number of nitrogens with zero attached hydrogens (tertiary/aromatic N) is 1. The molecule has 4 rings (SSSR count). The molecule has 0 bridgehead atoms. The van der Waals surface area contributed by atoms with Crippen LogP contribution in [0.15, 0.2) is 42.5 Å². The van der Waals surface area contributed by atoms with Crippen molar-refractivity contribution >= 4 is 28.6 Å². The van der Waals surface area contributed by atoms with Gasteiger partial charge in [-0.05, 0) is 47.9 Å². The molecule has 0 fully saturated rings. The van der Waals surface area contributed by atoms with Gasteiger partial charge in [0.05, 0.1) is 19.8 Å². The van der Waals surface area contributed by atoms with E-state index in [4.69, 9.17) is 16.3 Å². The molecule has 0 aliphatic carbocycles. The van der Waals surface area contributed by atoms with Gasteiger partial charge in [0, 0.05) is 33.6 Å². The minimum Gasteiger partial charge on any atom is -0.493 e. The molecule has 0 saturated heterocycles. The standard InChI is InChI=1S/C23H25ClN2O5/c1-23(11-27,12-28)13-31-16-5-2-14(3-6-16)21-20-17(8-9-26(21)22(29)30)18-10-15(24)4-7-19(18)25-20/h2-7,10,21,25,27-28H,8-9,11-13H2,1H3,(H,29,30)/t21-/m0/s1. The summed E-state index contributed by atoms with van der Waals surface area (Å²) >= 11 is 6.19. The van der Waals surface area contributed by atoms with E-state index in [9.17, 15) is 20.1 Å². The molecule has 1 aliphatic heterocycles. The number of carbonyl (C=O) groups is 1. The van der Waals surface area contributed by atoms with E-state index in [1.54, 1.807) is 19.1 Å². The number of H-pyrrole nitrogens is 1. The van der Waals surface area contributed by atoms with Crippen molar-refractivity contribution in [2.24, 2.45) is 5.41 Å². The van der Waals surface area contributed by atoms with Crippen LogP contribution in [0.1, 0.15) is 29.8 Å². The molecule has 7 nitrogen and oxygen atoms in total. The number of carboxylic acid groups (broad SMARTS) is 1. The lowest BCUT2D eigenvalue weighted by Crippen LogP contribution is -2.39. The number of aromatic amines is 1. The van der Waals surface area contributed by atoms with Crippen LogP contribution in [0, 0.1) is 5.41 Å². The summed E-state index contributed by atoms with van der Waals surface area (Å²) < 4.78 is 5.73. The number of aromatic nitrogens is 1. The van der Waals surface area contributed by atoms with Gasteiger partial charge < -0.3 is 25.0 Å². The molecule has 3 aromatic rings. The Hall–Kier alpha value is -2.74. The van der Waals surface area contributed by atoms with E-state index in [-0.39, 0.29) is 19.8 Å². The number of aliphatic hydroxyl groups excluding tert-OH is 2. The van der Waals surface area contributed by atoms with Crippen molar-refractivity contribution in [1.82, 2.24) is 9.88 Å². The highest BCUT2D eigenvalue weighted by Crippen LogP contribution is 2.39. The summed E-state index contributed by atoms with van der Waals surface area (Å²) in [5.74, 6) is 0.582. The number of aliphatic hydroxyl groups is 2. The van der Waals surface area contributed by atoms with Crippen LogP contribution in [0.2, 0.25) is 5.02 Å². The molecule has 1 atom stereocenters. The van der Waals surface area contributed by atoms with Gasteiger partial charge in [0.25, 0.3) is 0 Å². The van der Waals surface area contributed by atoms with E-state index in [1.165, 1.54) is 4.90 Å². The average Bonchev–Trinajstić information content (AvgIpc) is 3.15. The van der Waals surface area contributed by atoms with Crippen molar-refractivity contribution in [2.75, 3.05) is 26.4 Å². The maximum Gasteiger partial charge on any atom is 0.408 e. The van der Waals surface area contributed by atoms with Crippen LogP contribution in [0.25, 0.3) is 10.9 Å². The van der Waals surface area contributed by atoms with Crippen LogP contribution >= 0.6 is 11.6 Å². The third-order valence-corrected chi connectivity index (χ3v) is 6.12. The fourth-order valence-corrected chi connectivity index (χ4v) is 4.13. The second-order valence-electron chi connectivity index (χ2n) is 8.32. The van der Waals surface area contributed by atoms with Gasteiger partial charge in [0.15, 0.2) is 0 Å². The molecule has 2 aromatic carbocycles. The second kappa shape index (κ2) is 8.42. The number of hydrogen-bond donors (Lipinski definition) is 4. The Labute approximate surface area is 184 Å². The SMILES string of the molecule is CC(CO)(CO)COc1ccc([C@H]2c3[nH]c4ccc(Cl)cc4c3CCN2C(=O)O)cc1. The lowest BCUT2D eigenvalue weighted by atomic mass is 9.92. The van der Waals surface area contributed by atoms with Gasteiger partial charge in [-0.15, -0.1) is 0 Å². The fraction of sp³-hybridized carbons (Fsp3) is 0.348. The summed E-state index contributed by atoms with van der Waals surface area (Å²) in [5, 5.41) is 30.3. The maximum absolute atomic E-state index is 12.0. The Balaban J connectivity index is 1.67. The molecule has 2 heterocycles. The summed E-state index contributed by atoms with van der Waals surface area (Å²) in [4.78, 5) is 16.8. The predicted octanol–water partition coefficient (Wildman–Crippen LogP) is 3.82. The molecule has 0 spiro atoms. The molecule has 1 amide bonds. The van der Waals surface area contributed by atoms with E-state index < -0.39 is 17.6 Å². The highest BCUT2D eigenvalue weighted by Gasteiger charge is 2.34. The number of nitrogens with one attached hydrogen (secondary N) is 1. The Morgan fingerprint density at radius 1 is 1.23 bits per heavy atom. The minimum atomic E-state index is -0.977. The molecule has 0 saturated carbocycles. The van der Waals surface area contributed by atoms with Gasteiger partial charge in [-0.2, -0.15) is 0 Å². The van der Waals surface area contributed by atoms with Crippen LogP contribution in [-0.4, -0.2) is 57.7 Å². The van der Waals surface area contributed by atoms with E-state index in [2.05, 4.69) is 4.98 Å². The summed E-state index contributed by atoms with van der Waals surface area (Å²) in [6.45, 7) is 1.90. The third kappa shape index (κ3) is 4.08. The van der Waals surface area contributed by atoms with Crippen molar-refractivity contribution in [2.45, 2.75) is 19.4 Å². The summed E-state index contributed by atoms with van der Waals surface area (Å²) in [6, 6.07) is 12.4. The average molecular weight is 445 g/mol. The first kappa shape index (κ1) is 21.5.